The standard InChI is InChI=1S/C33H39N3O7S2/c1-42-28-10-13-31(43-2)30(17-28)35-45(40,41)29-11-6-26(7-12-29)34-32(37)21-36(44(3,38)39)27-8-4-25(5-9-27)33-18-22-14-23(19-33)16-24(15-22)20-33/h4-13,17,22-24,35H,14-16,18-21H2,1-3H3,(H,34,37). The zero-order valence-electron chi connectivity index (χ0n) is 25.7. The average molecular weight is 654 g/mol. The summed E-state index contributed by atoms with van der Waals surface area (Å²) in [5.74, 6) is 2.62. The highest BCUT2D eigenvalue weighted by Crippen LogP contribution is 2.60. The maximum atomic E-state index is 13.0. The van der Waals surface area contributed by atoms with E-state index in [9.17, 15) is 21.6 Å². The number of carbonyl (C=O) groups excluding carboxylic acids is 1. The molecule has 7 rings (SSSR count). The minimum Gasteiger partial charge on any atom is -0.497 e. The number of nitrogens with one attached hydrogen (secondary N) is 2. The van der Waals surface area contributed by atoms with Gasteiger partial charge in [-0.1, -0.05) is 12.1 Å². The molecular weight excluding hydrogens is 615 g/mol. The Morgan fingerprint density at radius 1 is 0.844 bits per heavy atom. The van der Waals surface area contributed by atoms with Crippen LogP contribution in [0.3, 0.4) is 0 Å². The fourth-order valence-electron chi connectivity index (χ4n) is 7.99. The van der Waals surface area contributed by atoms with Crippen molar-refractivity contribution in [1.82, 2.24) is 0 Å². The molecule has 0 unspecified atom stereocenters. The third-order valence-electron chi connectivity index (χ3n) is 9.59. The van der Waals surface area contributed by atoms with Gasteiger partial charge in [0.2, 0.25) is 15.9 Å². The number of benzene rings is 3. The molecule has 4 fully saturated rings. The van der Waals surface area contributed by atoms with Gasteiger partial charge >= 0.3 is 0 Å². The Morgan fingerprint density at radius 2 is 1.44 bits per heavy atom. The van der Waals surface area contributed by atoms with Gasteiger partial charge in [-0.05, 0) is 116 Å². The molecule has 4 aliphatic rings. The summed E-state index contributed by atoms with van der Waals surface area (Å²) in [5, 5.41) is 2.68. The largest absolute Gasteiger partial charge is 0.497 e. The van der Waals surface area contributed by atoms with E-state index in [-0.39, 0.29) is 16.0 Å². The van der Waals surface area contributed by atoms with E-state index in [1.807, 2.05) is 24.3 Å². The van der Waals surface area contributed by atoms with Crippen molar-refractivity contribution in [1.29, 1.82) is 0 Å². The summed E-state index contributed by atoms with van der Waals surface area (Å²) in [6.07, 6.45) is 8.76. The molecule has 1 amide bonds. The topological polar surface area (TPSA) is 131 Å². The molecule has 3 aromatic carbocycles. The smallest absolute Gasteiger partial charge is 0.262 e. The molecule has 12 heteroatoms. The molecule has 0 spiro atoms. The fraction of sp³-hybridized carbons (Fsp3) is 0.424. The number of hydrogen-bond donors (Lipinski definition) is 2. The lowest BCUT2D eigenvalue weighted by Crippen LogP contribution is -2.48. The summed E-state index contributed by atoms with van der Waals surface area (Å²) in [7, 11) is -4.85. The summed E-state index contributed by atoms with van der Waals surface area (Å²) < 4.78 is 65.7. The van der Waals surface area contributed by atoms with Crippen molar-refractivity contribution in [2.24, 2.45) is 17.8 Å². The Kier molecular flexibility index (Phi) is 8.23. The monoisotopic (exact) mass is 653 g/mol. The molecule has 45 heavy (non-hydrogen) atoms. The van der Waals surface area contributed by atoms with Gasteiger partial charge in [0.05, 0.1) is 36.7 Å². The Balaban J connectivity index is 1.13. The number of hydrogen-bond acceptors (Lipinski definition) is 7. The van der Waals surface area contributed by atoms with Crippen LogP contribution in [0.5, 0.6) is 11.5 Å². The number of nitrogens with zero attached hydrogens (tertiary/aromatic N) is 1. The van der Waals surface area contributed by atoms with Crippen LogP contribution < -0.4 is 23.8 Å². The first kappa shape index (κ1) is 31.2. The lowest BCUT2D eigenvalue weighted by molar-refractivity contribution is -0.114. The first-order valence-electron chi connectivity index (χ1n) is 15.1. The average Bonchev–Trinajstić information content (AvgIpc) is 2.99. The van der Waals surface area contributed by atoms with Gasteiger partial charge in [0.1, 0.15) is 18.0 Å². The van der Waals surface area contributed by atoms with Crippen molar-refractivity contribution >= 4 is 43.0 Å². The summed E-state index contributed by atoms with van der Waals surface area (Å²) in [6.45, 7) is -0.424. The molecule has 4 saturated carbocycles. The zero-order valence-corrected chi connectivity index (χ0v) is 27.3. The number of amides is 1. The van der Waals surface area contributed by atoms with Gasteiger partial charge < -0.3 is 14.8 Å². The first-order valence-corrected chi connectivity index (χ1v) is 18.4. The molecule has 0 radical (unpaired) electrons. The highest BCUT2D eigenvalue weighted by atomic mass is 32.2. The number of anilines is 3. The lowest BCUT2D eigenvalue weighted by Gasteiger charge is -2.57. The zero-order chi connectivity index (χ0) is 32.0. The van der Waals surface area contributed by atoms with Crippen molar-refractivity contribution in [3.63, 3.8) is 0 Å². The molecule has 2 N–H and O–H groups in total. The SMILES string of the molecule is COc1ccc(OC)c(NS(=O)(=O)c2ccc(NC(=O)CN(c3ccc(C45CC6CC(CC(C6)C4)C5)cc3)S(C)(=O)=O)cc2)c1. The van der Waals surface area contributed by atoms with Crippen molar-refractivity contribution < 1.29 is 31.1 Å². The highest BCUT2D eigenvalue weighted by Gasteiger charge is 2.51. The van der Waals surface area contributed by atoms with Crippen LogP contribution >= 0.6 is 0 Å². The minimum atomic E-state index is -3.99. The van der Waals surface area contributed by atoms with Crippen LogP contribution in [0.15, 0.2) is 71.6 Å². The Hall–Kier alpha value is -3.77. The summed E-state index contributed by atoms with van der Waals surface area (Å²) in [4.78, 5) is 13.0. The Morgan fingerprint density at radius 3 is 1.98 bits per heavy atom. The van der Waals surface area contributed by atoms with Gasteiger partial charge in [0.15, 0.2) is 0 Å². The van der Waals surface area contributed by atoms with Crippen LogP contribution in [0.2, 0.25) is 0 Å². The summed E-state index contributed by atoms with van der Waals surface area (Å²) in [5.41, 5.74) is 2.43. The van der Waals surface area contributed by atoms with Crippen LogP contribution in [0.4, 0.5) is 17.1 Å². The Bertz CT molecular complexity index is 1760. The summed E-state index contributed by atoms with van der Waals surface area (Å²) >= 11 is 0. The van der Waals surface area contributed by atoms with Gasteiger partial charge in [-0.25, -0.2) is 16.8 Å². The van der Waals surface area contributed by atoms with Crippen LogP contribution in [0, 0.1) is 17.8 Å². The molecule has 10 nitrogen and oxygen atoms in total. The Labute approximate surface area is 265 Å². The highest BCUT2D eigenvalue weighted by molar-refractivity contribution is 7.92. The van der Waals surface area contributed by atoms with Crippen LogP contribution in [-0.2, 0) is 30.3 Å². The van der Waals surface area contributed by atoms with E-state index in [0.717, 1.165) is 28.3 Å². The maximum Gasteiger partial charge on any atom is 0.262 e. The number of carbonyl (C=O) groups is 1. The lowest BCUT2D eigenvalue weighted by atomic mass is 9.48. The summed E-state index contributed by atoms with van der Waals surface area (Å²) in [6, 6.07) is 18.1. The van der Waals surface area contributed by atoms with Gasteiger partial charge in [-0.3, -0.25) is 13.8 Å². The number of ether oxygens (including phenoxy) is 2. The fourth-order valence-corrected chi connectivity index (χ4v) is 9.91. The first-order chi connectivity index (χ1) is 21.4. The van der Waals surface area contributed by atoms with Gasteiger partial charge in [0, 0.05) is 11.8 Å². The molecule has 4 bridgehead atoms. The van der Waals surface area contributed by atoms with Gasteiger partial charge in [-0.2, -0.15) is 0 Å². The molecule has 0 aromatic heterocycles. The van der Waals surface area contributed by atoms with Gasteiger partial charge in [-0.15, -0.1) is 0 Å². The second-order valence-electron chi connectivity index (χ2n) is 12.8. The van der Waals surface area contributed by atoms with E-state index in [1.165, 1.54) is 88.6 Å². The molecule has 0 saturated heterocycles. The van der Waals surface area contributed by atoms with Crippen molar-refractivity contribution in [3.8, 4) is 11.5 Å². The minimum absolute atomic E-state index is 0.0396. The third kappa shape index (κ3) is 6.48. The molecular formula is C33H39N3O7S2. The van der Waals surface area contributed by atoms with Crippen LogP contribution in [0.25, 0.3) is 0 Å². The van der Waals surface area contributed by atoms with Crippen LogP contribution in [0.1, 0.15) is 44.1 Å². The van der Waals surface area contributed by atoms with Crippen molar-refractivity contribution in [3.05, 3.63) is 72.3 Å². The van der Waals surface area contributed by atoms with E-state index in [0.29, 0.717) is 22.9 Å². The van der Waals surface area contributed by atoms with Crippen molar-refractivity contribution in [2.75, 3.05) is 41.4 Å². The number of sulfonamides is 2. The van der Waals surface area contributed by atoms with Crippen LogP contribution in [-0.4, -0.2) is 49.8 Å². The number of methoxy groups -OCH3 is 2. The normalized spacial score (nSPS) is 23.8. The molecule has 240 valence electrons. The predicted molar refractivity (Wildman–Crippen MR) is 174 cm³/mol. The van der Waals surface area contributed by atoms with E-state index in [2.05, 4.69) is 10.0 Å². The van der Waals surface area contributed by atoms with Crippen molar-refractivity contribution in [2.45, 2.75) is 48.8 Å². The quantitative estimate of drug-likeness (QED) is 0.284. The van der Waals surface area contributed by atoms with Gasteiger partial charge in [0.25, 0.3) is 10.0 Å². The number of rotatable bonds is 11. The predicted octanol–water partition coefficient (Wildman–Crippen LogP) is 5.38. The third-order valence-corrected chi connectivity index (χ3v) is 12.1. The van der Waals surface area contributed by atoms with E-state index in [1.54, 1.807) is 12.1 Å². The van der Waals surface area contributed by atoms with E-state index >= 15 is 0 Å². The molecule has 0 aliphatic heterocycles. The maximum absolute atomic E-state index is 13.0. The second kappa shape index (κ2) is 11.9. The van der Waals surface area contributed by atoms with E-state index < -0.39 is 32.5 Å². The molecule has 0 atom stereocenters. The molecule has 3 aromatic rings. The second-order valence-corrected chi connectivity index (χ2v) is 16.3. The molecule has 0 heterocycles. The molecule has 4 aliphatic carbocycles. The van der Waals surface area contributed by atoms with E-state index in [4.69, 9.17) is 9.47 Å².